The summed E-state index contributed by atoms with van der Waals surface area (Å²) >= 11 is 11.9. The highest BCUT2D eigenvalue weighted by atomic mass is 35.5. The summed E-state index contributed by atoms with van der Waals surface area (Å²) in [6.07, 6.45) is 0.0454. The first-order chi connectivity index (χ1) is 10.9. The molecule has 0 spiro atoms. The van der Waals surface area contributed by atoms with Crippen molar-refractivity contribution < 1.29 is 14.6 Å². The Hall–Kier alpha value is -1.91. The molecule has 6 heteroatoms. The number of rotatable bonds is 6. The van der Waals surface area contributed by atoms with Crippen molar-refractivity contribution in [1.82, 2.24) is 0 Å². The molecule has 0 aliphatic heterocycles. The lowest BCUT2D eigenvalue weighted by Crippen LogP contribution is -2.09. The molecule has 0 fully saturated rings. The SMILES string of the molecule is CC(C)Oc1ccc(Cl)cc1CNc1ccc(Cl)c(C(=O)O)c1. The second-order valence-electron chi connectivity index (χ2n) is 5.27. The smallest absolute Gasteiger partial charge is 0.337 e. The van der Waals surface area contributed by atoms with Crippen LogP contribution in [0.25, 0.3) is 0 Å². The molecule has 2 rings (SSSR count). The maximum absolute atomic E-state index is 11.1. The van der Waals surface area contributed by atoms with Crippen molar-refractivity contribution in [2.75, 3.05) is 5.32 Å². The number of halogens is 2. The Morgan fingerprint density at radius 1 is 1.22 bits per heavy atom. The Morgan fingerprint density at radius 3 is 2.61 bits per heavy atom. The Morgan fingerprint density at radius 2 is 1.96 bits per heavy atom. The van der Waals surface area contributed by atoms with Crippen LogP contribution in [0.3, 0.4) is 0 Å². The van der Waals surface area contributed by atoms with Crippen molar-refractivity contribution in [3.05, 3.63) is 57.6 Å². The van der Waals surface area contributed by atoms with Crippen LogP contribution < -0.4 is 10.1 Å². The minimum absolute atomic E-state index is 0.0454. The maximum atomic E-state index is 11.1. The van der Waals surface area contributed by atoms with E-state index in [1.807, 2.05) is 26.0 Å². The summed E-state index contributed by atoms with van der Waals surface area (Å²) in [4.78, 5) is 11.1. The molecule has 0 radical (unpaired) electrons. The molecule has 0 saturated carbocycles. The standard InChI is InChI=1S/C17H17Cl2NO3/c1-10(2)23-16-6-3-12(18)7-11(16)9-20-13-4-5-15(19)14(8-13)17(21)22/h3-8,10,20H,9H2,1-2H3,(H,21,22). The fraction of sp³-hybridized carbons (Fsp3) is 0.235. The van der Waals surface area contributed by atoms with E-state index in [-0.39, 0.29) is 16.7 Å². The fourth-order valence-electron chi connectivity index (χ4n) is 2.05. The normalized spacial score (nSPS) is 10.7. The van der Waals surface area contributed by atoms with Crippen molar-refractivity contribution in [2.45, 2.75) is 26.5 Å². The Kier molecular flexibility index (Phi) is 5.74. The summed E-state index contributed by atoms with van der Waals surface area (Å²) in [5.74, 6) is -0.324. The molecule has 0 heterocycles. The van der Waals surface area contributed by atoms with Gasteiger partial charge in [0.15, 0.2) is 0 Å². The minimum Gasteiger partial charge on any atom is -0.491 e. The topological polar surface area (TPSA) is 58.6 Å². The highest BCUT2D eigenvalue weighted by Gasteiger charge is 2.11. The zero-order valence-electron chi connectivity index (χ0n) is 12.8. The summed E-state index contributed by atoms with van der Waals surface area (Å²) in [5.41, 5.74) is 1.60. The average Bonchev–Trinajstić information content (AvgIpc) is 2.48. The Balaban J connectivity index is 2.19. The van der Waals surface area contributed by atoms with E-state index in [9.17, 15) is 4.79 Å². The van der Waals surface area contributed by atoms with Gasteiger partial charge in [0.25, 0.3) is 0 Å². The monoisotopic (exact) mass is 353 g/mol. The summed E-state index contributed by atoms with van der Waals surface area (Å²) in [5, 5.41) is 13.1. The summed E-state index contributed by atoms with van der Waals surface area (Å²) in [6, 6.07) is 10.2. The van der Waals surface area contributed by atoms with Gasteiger partial charge in [-0.1, -0.05) is 23.2 Å². The van der Waals surface area contributed by atoms with E-state index in [2.05, 4.69) is 5.32 Å². The molecule has 2 aromatic carbocycles. The third-order valence-corrected chi connectivity index (χ3v) is 3.63. The van der Waals surface area contributed by atoms with Crippen LogP contribution in [-0.4, -0.2) is 17.2 Å². The number of carboxylic acids is 1. The number of hydrogen-bond acceptors (Lipinski definition) is 3. The molecule has 2 aromatic rings. The highest BCUT2D eigenvalue weighted by Crippen LogP contribution is 2.26. The molecule has 0 bridgehead atoms. The summed E-state index contributed by atoms with van der Waals surface area (Å²) < 4.78 is 5.76. The first-order valence-electron chi connectivity index (χ1n) is 7.08. The number of benzene rings is 2. The molecule has 0 unspecified atom stereocenters. The van der Waals surface area contributed by atoms with E-state index >= 15 is 0 Å². The van der Waals surface area contributed by atoms with Gasteiger partial charge in [-0.3, -0.25) is 0 Å². The van der Waals surface area contributed by atoms with E-state index in [4.69, 9.17) is 33.0 Å². The van der Waals surface area contributed by atoms with Gasteiger partial charge in [0.2, 0.25) is 0 Å². The van der Waals surface area contributed by atoms with E-state index < -0.39 is 5.97 Å². The molecule has 0 amide bonds. The zero-order chi connectivity index (χ0) is 17.0. The van der Waals surface area contributed by atoms with Gasteiger partial charge in [-0.25, -0.2) is 4.79 Å². The number of carboxylic acid groups (broad SMARTS) is 1. The number of anilines is 1. The third kappa shape index (κ3) is 4.78. The molecule has 0 atom stereocenters. The molecule has 0 aromatic heterocycles. The lowest BCUT2D eigenvalue weighted by Gasteiger charge is -2.16. The van der Waals surface area contributed by atoms with Gasteiger partial charge in [0.05, 0.1) is 16.7 Å². The Bertz CT molecular complexity index is 717. The van der Waals surface area contributed by atoms with E-state index in [1.165, 1.54) is 6.07 Å². The molecule has 0 aliphatic carbocycles. The maximum Gasteiger partial charge on any atom is 0.337 e. The third-order valence-electron chi connectivity index (χ3n) is 3.06. The van der Waals surface area contributed by atoms with Gasteiger partial charge < -0.3 is 15.2 Å². The molecule has 122 valence electrons. The number of ether oxygens (including phenoxy) is 1. The predicted octanol–water partition coefficient (Wildman–Crippen LogP) is 5.09. The average molecular weight is 354 g/mol. The van der Waals surface area contributed by atoms with Crippen molar-refractivity contribution in [3.63, 3.8) is 0 Å². The summed E-state index contributed by atoms with van der Waals surface area (Å²) in [7, 11) is 0. The fourth-order valence-corrected chi connectivity index (χ4v) is 2.44. The molecular formula is C17H17Cl2NO3. The van der Waals surface area contributed by atoms with E-state index in [0.29, 0.717) is 17.3 Å². The van der Waals surface area contributed by atoms with Crippen molar-refractivity contribution in [3.8, 4) is 5.75 Å². The number of carbonyl (C=O) groups is 1. The van der Waals surface area contributed by atoms with Crippen LogP contribution in [0.2, 0.25) is 10.0 Å². The molecule has 4 nitrogen and oxygen atoms in total. The van der Waals surface area contributed by atoms with Crippen LogP contribution in [0.4, 0.5) is 5.69 Å². The van der Waals surface area contributed by atoms with E-state index in [1.54, 1.807) is 18.2 Å². The van der Waals surface area contributed by atoms with Crippen LogP contribution in [0.1, 0.15) is 29.8 Å². The van der Waals surface area contributed by atoms with Crippen molar-refractivity contribution in [2.24, 2.45) is 0 Å². The lowest BCUT2D eigenvalue weighted by atomic mass is 10.1. The largest absolute Gasteiger partial charge is 0.491 e. The van der Waals surface area contributed by atoms with Crippen LogP contribution in [0.5, 0.6) is 5.75 Å². The minimum atomic E-state index is -1.06. The Labute approximate surface area is 145 Å². The summed E-state index contributed by atoms with van der Waals surface area (Å²) in [6.45, 7) is 4.34. The van der Waals surface area contributed by atoms with E-state index in [0.717, 1.165) is 11.3 Å². The molecular weight excluding hydrogens is 337 g/mol. The second kappa shape index (κ2) is 7.57. The number of hydrogen-bond donors (Lipinski definition) is 2. The molecule has 2 N–H and O–H groups in total. The van der Waals surface area contributed by atoms with Gasteiger partial charge in [0, 0.05) is 22.8 Å². The van der Waals surface area contributed by atoms with Gasteiger partial charge in [-0.15, -0.1) is 0 Å². The molecule has 23 heavy (non-hydrogen) atoms. The predicted molar refractivity (Wildman–Crippen MR) is 93.0 cm³/mol. The van der Waals surface area contributed by atoms with Crippen LogP contribution in [0.15, 0.2) is 36.4 Å². The highest BCUT2D eigenvalue weighted by molar-refractivity contribution is 6.33. The van der Waals surface area contributed by atoms with Gasteiger partial charge in [-0.2, -0.15) is 0 Å². The molecule has 0 aliphatic rings. The van der Waals surface area contributed by atoms with Crippen LogP contribution >= 0.6 is 23.2 Å². The van der Waals surface area contributed by atoms with Crippen molar-refractivity contribution in [1.29, 1.82) is 0 Å². The number of aromatic carboxylic acids is 1. The van der Waals surface area contributed by atoms with Crippen LogP contribution in [-0.2, 0) is 6.54 Å². The van der Waals surface area contributed by atoms with Gasteiger partial charge in [0.1, 0.15) is 5.75 Å². The van der Waals surface area contributed by atoms with Gasteiger partial charge in [-0.05, 0) is 50.2 Å². The number of nitrogens with one attached hydrogen (secondary N) is 1. The lowest BCUT2D eigenvalue weighted by molar-refractivity contribution is 0.0697. The first-order valence-corrected chi connectivity index (χ1v) is 7.84. The first kappa shape index (κ1) is 17.4. The molecule has 0 saturated heterocycles. The quantitative estimate of drug-likeness (QED) is 0.759. The second-order valence-corrected chi connectivity index (χ2v) is 6.12. The van der Waals surface area contributed by atoms with Crippen LogP contribution in [0, 0.1) is 0 Å². The van der Waals surface area contributed by atoms with Crippen molar-refractivity contribution >= 4 is 34.9 Å². The van der Waals surface area contributed by atoms with Gasteiger partial charge >= 0.3 is 5.97 Å². The zero-order valence-corrected chi connectivity index (χ0v) is 14.3.